The van der Waals surface area contributed by atoms with Gasteiger partial charge >= 0.3 is 0 Å². The minimum Gasteiger partial charge on any atom is -1.00 e. The van der Waals surface area contributed by atoms with Crippen molar-refractivity contribution in [1.29, 1.82) is 0 Å². The van der Waals surface area contributed by atoms with E-state index in [1.54, 1.807) is 7.11 Å². The first-order chi connectivity index (χ1) is 9.70. The number of ether oxygens (including phenoxy) is 1. The van der Waals surface area contributed by atoms with Crippen molar-refractivity contribution in [3.63, 3.8) is 0 Å². The highest BCUT2D eigenvalue weighted by atomic mass is 35.5. The number of quaternary nitrogens is 1. The first-order valence-corrected chi connectivity index (χ1v) is 7.04. The molecule has 0 atom stereocenters. The van der Waals surface area contributed by atoms with Gasteiger partial charge in [-0.1, -0.05) is 18.2 Å². The van der Waals surface area contributed by atoms with Crippen molar-refractivity contribution in [3.05, 3.63) is 42.5 Å². The summed E-state index contributed by atoms with van der Waals surface area (Å²) in [7, 11) is 6.10. The van der Waals surface area contributed by atoms with Gasteiger partial charge in [0.2, 0.25) is 0 Å². The molecule has 0 radical (unpaired) electrons. The van der Waals surface area contributed by atoms with Gasteiger partial charge in [0.25, 0.3) is 0 Å². The second-order valence-corrected chi connectivity index (χ2v) is 5.51. The molecule has 3 nitrogen and oxygen atoms in total. The standard InChI is InChI=1S/C17H20N2O.ClH/c1-18(2)10-11-19-16-7-5-4-6-14(16)15-12-13(20-3)8-9-17(15)19;/h4-9,12H,10-11H2,1-3H3;1H. The predicted octanol–water partition coefficient (Wildman–Crippen LogP) is -1.05. The van der Waals surface area contributed by atoms with Gasteiger partial charge in [0.1, 0.15) is 5.75 Å². The number of hydrogen-bond acceptors (Lipinski definition) is 1. The quantitative estimate of drug-likeness (QED) is 0.652. The van der Waals surface area contributed by atoms with Crippen molar-refractivity contribution in [2.24, 2.45) is 0 Å². The first kappa shape index (κ1) is 15.7. The van der Waals surface area contributed by atoms with Crippen LogP contribution >= 0.6 is 0 Å². The molecule has 4 heteroatoms. The van der Waals surface area contributed by atoms with Gasteiger partial charge in [-0.3, -0.25) is 0 Å². The maximum atomic E-state index is 5.37. The van der Waals surface area contributed by atoms with Gasteiger partial charge in [-0.25, -0.2) is 0 Å². The summed E-state index contributed by atoms with van der Waals surface area (Å²) in [6.07, 6.45) is 0. The third kappa shape index (κ3) is 2.85. The number of aromatic nitrogens is 1. The van der Waals surface area contributed by atoms with E-state index in [0.29, 0.717) is 0 Å². The van der Waals surface area contributed by atoms with Crippen molar-refractivity contribution < 1.29 is 22.0 Å². The highest BCUT2D eigenvalue weighted by Crippen LogP contribution is 2.31. The van der Waals surface area contributed by atoms with Crippen LogP contribution in [0.15, 0.2) is 42.5 Å². The van der Waals surface area contributed by atoms with E-state index in [2.05, 4.69) is 55.1 Å². The lowest BCUT2D eigenvalue weighted by atomic mass is 10.1. The van der Waals surface area contributed by atoms with Crippen LogP contribution in [0.3, 0.4) is 0 Å². The molecule has 0 aliphatic carbocycles. The molecule has 1 heterocycles. The molecule has 1 N–H and O–H groups in total. The van der Waals surface area contributed by atoms with Crippen LogP contribution in [0.2, 0.25) is 0 Å². The topological polar surface area (TPSA) is 18.6 Å². The minimum absolute atomic E-state index is 0. The van der Waals surface area contributed by atoms with Crippen LogP contribution in [0.25, 0.3) is 21.8 Å². The summed E-state index contributed by atoms with van der Waals surface area (Å²) in [4.78, 5) is 1.46. The fraction of sp³-hybridized carbons (Fsp3) is 0.294. The van der Waals surface area contributed by atoms with E-state index in [4.69, 9.17) is 4.74 Å². The molecule has 0 aliphatic rings. The number of nitrogens with zero attached hydrogens (tertiary/aromatic N) is 1. The van der Waals surface area contributed by atoms with E-state index in [-0.39, 0.29) is 12.4 Å². The Labute approximate surface area is 131 Å². The Kier molecular flexibility index (Phi) is 4.76. The largest absolute Gasteiger partial charge is 1.00 e. The van der Waals surface area contributed by atoms with Crippen LogP contribution in [0.5, 0.6) is 5.75 Å². The molecule has 1 aromatic heterocycles. The molecule has 0 saturated carbocycles. The molecule has 21 heavy (non-hydrogen) atoms. The van der Waals surface area contributed by atoms with Gasteiger partial charge in [-0.15, -0.1) is 0 Å². The third-order valence-corrected chi connectivity index (χ3v) is 3.81. The molecule has 0 aliphatic heterocycles. The molecular weight excluding hydrogens is 284 g/mol. The Morgan fingerprint density at radius 3 is 2.43 bits per heavy atom. The Morgan fingerprint density at radius 1 is 1.00 bits per heavy atom. The minimum atomic E-state index is 0. The highest BCUT2D eigenvalue weighted by molar-refractivity contribution is 6.08. The lowest BCUT2D eigenvalue weighted by Crippen LogP contribution is -3.06. The summed E-state index contributed by atoms with van der Waals surface area (Å²) in [6, 6.07) is 14.9. The number of nitrogens with one attached hydrogen (secondary N) is 1. The van der Waals surface area contributed by atoms with Crippen molar-refractivity contribution in [2.75, 3.05) is 27.7 Å². The Bertz CT molecular complexity index is 749. The van der Waals surface area contributed by atoms with Crippen LogP contribution in [-0.2, 0) is 6.54 Å². The highest BCUT2D eigenvalue weighted by Gasteiger charge is 2.11. The van der Waals surface area contributed by atoms with Gasteiger partial charge in [0, 0.05) is 21.8 Å². The monoisotopic (exact) mass is 304 g/mol. The molecule has 0 saturated heterocycles. The summed E-state index contributed by atoms with van der Waals surface area (Å²) < 4.78 is 7.78. The number of fused-ring (bicyclic) bond motifs is 3. The van der Waals surface area contributed by atoms with Crippen LogP contribution in [-0.4, -0.2) is 32.3 Å². The van der Waals surface area contributed by atoms with Crippen LogP contribution in [0.4, 0.5) is 0 Å². The second kappa shape index (κ2) is 6.37. The van der Waals surface area contributed by atoms with Crippen molar-refractivity contribution in [2.45, 2.75) is 6.54 Å². The lowest BCUT2D eigenvalue weighted by Gasteiger charge is -2.10. The van der Waals surface area contributed by atoms with Gasteiger partial charge in [-0.05, 0) is 24.3 Å². The maximum Gasteiger partial charge on any atom is 0.119 e. The molecular formula is C17H21ClN2O. The molecule has 0 unspecified atom stereocenters. The molecule has 0 amide bonds. The Balaban J connectivity index is 0.00000161. The number of rotatable bonds is 4. The average Bonchev–Trinajstić information content (AvgIpc) is 2.78. The van der Waals surface area contributed by atoms with Gasteiger partial charge in [0.05, 0.1) is 34.3 Å². The average molecular weight is 305 g/mol. The predicted molar refractivity (Wildman–Crippen MR) is 83.7 cm³/mol. The van der Waals surface area contributed by atoms with E-state index >= 15 is 0 Å². The summed E-state index contributed by atoms with van der Waals surface area (Å²) in [6.45, 7) is 2.14. The van der Waals surface area contributed by atoms with E-state index in [1.807, 2.05) is 6.07 Å². The Hall–Kier alpha value is -1.71. The summed E-state index contributed by atoms with van der Waals surface area (Å²) in [5.41, 5.74) is 2.59. The second-order valence-electron chi connectivity index (χ2n) is 5.51. The van der Waals surface area contributed by atoms with Crippen LogP contribution < -0.4 is 22.0 Å². The first-order valence-electron chi connectivity index (χ1n) is 7.04. The van der Waals surface area contributed by atoms with Gasteiger partial charge in [0.15, 0.2) is 0 Å². The zero-order valence-electron chi connectivity index (χ0n) is 12.7. The van der Waals surface area contributed by atoms with Crippen LogP contribution in [0.1, 0.15) is 0 Å². The fourth-order valence-electron chi connectivity index (χ4n) is 2.74. The number of para-hydroxylation sites is 1. The molecule has 3 rings (SSSR count). The fourth-order valence-corrected chi connectivity index (χ4v) is 2.74. The SMILES string of the molecule is COc1ccc2c(c1)c1ccccc1n2CC[NH+](C)C.[Cl-]. The van der Waals surface area contributed by atoms with Gasteiger partial charge in [-0.2, -0.15) is 0 Å². The number of hydrogen-bond donors (Lipinski definition) is 1. The number of benzene rings is 2. The summed E-state index contributed by atoms with van der Waals surface area (Å²) >= 11 is 0. The smallest absolute Gasteiger partial charge is 0.119 e. The van der Waals surface area contributed by atoms with Gasteiger partial charge < -0.3 is 26.6 Å². The van der Waals surface area contributed by atoms with E-state index in [0.717, 1.165) is 18.8 Å². The zero-order valence-corrected chi connectivity index (χ0v) is 13.4. The van der Waals surface area contributed by atoms with Crippen molar-refractivity contribution in [1.82, 2.24) is 4.57 Å². The molecule has 0 bridgehead atoms. The Morgan fingerprint density at radius 2 is 1.71 bits per heavy atom. The molecule has 0 spiro atoms. The van der Waals surface area contributed by atoms with E-state index < -0.39 is 0 Å². The molecule has 2 aromatic carbocycles. The maximum absolute atomic E-state index is 5.37. The van der Waals surface area contributed by atoms with Crippen LogP contribution in [0, 0.1) is 0 Å². The molecule has 0 fully saturated rings. The molecule has 3 aromatic rings. The third-order valence-electron chi connectivity index (χ3n) is 3.81. The van der Waals surface area contributed by atoms with Crippen molar-refractivity contribution in [3.8, 4) is 5.75 Å². The number of likely N-dealkylation sites (N-methyl/N-ethyl adjacent to an activating group) is 1. The lowest BCUT2D eigenvalue weighted by molar-refractivity contribution is -0.858. The van der Waals surface area contributed by atoms with E-state index in [9.17, 15) is 0 Å². The summed E-state index contributed by atoms with van der Waals surface area (Å²) in [5, 5.41) is 2.57. The molecule has 112 valence electrons. The number of methoxy groups -OCH3 is 1. The normalized spacial score (nSPS) is 11.0. The zero-order chi connectivity index (χ0) is 14.1. The summed E-state index contributed by atoms with van der Waals surface area (Å²) in [5.74, 6) is 0.915. The van der Waals surface area contributed by atoms with E-state index in [1.165, 1.54) is 26.7 Å². The number of halogens is 1. The van der Waals surface area contributed by atoms with Crippen molar-refractivity contribution >= 4 is 21.8 Å².